The average Bonchev–Trinajstić information content (AvgIpc) is 2.86. The molecule has 0 aromatic carbocycles. The SMILES string of the molecule is O=C(NC1CC=CCC1)c1cc(Br)cn2ncnc12. The van der Waals surface area contributed by atoms with Gasteiger partial charge in [0.1, 0.15) is 6.33 Å². The first-order chi connectivity index (χ1) is 9.24. The van der Waals surface area contributed by atoms with Gasteiger partial charge in [-0.1, -0.05) is 12.2 Å². The third-order valence-corrected chi connectivity index (χ3v) is 3.62. The van der Waals surface area contributed by atoms with E-state index >= 15 is 0 Å². The van der Waals surface area contributed by atoms with Crippen LogP contribution >= 0.6 is 15.9 Å². The third-order valence-electron chi connectivity index (χ3n) is 3.19. The van der Waals surface area contributed by atoms with Crippen LogP contribution in [-0.2, 0) is 0 Å². The van der Waals surface area contributed by atoms with Crippen molar-refractivity contribution in [1.82, 2.24) is 19.9 Å². The lowest BCUT2D eigenvalue weighted by molar-refractivity contribution is 0.0935. The smallest absolute Gasteiger partial charge is 0.255 e. The van der Waals surface area contributed by atoms with Crippen molar-refractivity contribution in [2.45, 2.75) is 25.3 Å². The summed E-state index contributed by atoms with van der Waals surface area (Å²) in [6, 6.07) is 1.98. The van der Waals surface area contributed by atoms with E-state index in [-0.39, 0.29) is 11.9 Å². The predicted molar refractivity (Wildman–Crippen MR) is 74.9 cm³/mol. The fourth-order valence-corrected chi connectivity index (χ4v) is 2.67. The number of nitrogens with one attached hydrogen (secondary N) is 1. The Bertz CT molecular complexity index is 649. The molecule has 0 bridgehead atoms. The molecule has 0 saturated heterocycles. The molecule has 1 aliphatic rings. The van der Waals surface area contributed by atoms with Crippen molar-refractivity contribution in [3.05, 3.63) is 40.8 Å². The maximum atomic E-state index is 12.3. The van der Waals surface area contributed by atoms with Crippen molar-refractivity contribution in [2.75, 3.05) is 0 Å². The van der Waals surface area contributed by atoms with Gasteiger partial charge in [0.15, 0.2) is 5.65 Å². The van der Waals surface area contributed by atoms with E-state index in [1.165, 1.54) is 6.33 Å². The van der Waals surface area contributed by atoms with Crippen molar-refractivity contribution in [2.24, 2.45) is 0 Å². The number of hydrogen-bond acceptors (Lipinski definition) is 3. The zero-order valence-corrected chi connectivity index (χ0v) is 11.8. The molecule has 0 saturated carbocycles. The minimum absolute atomic E-state index is 0.0976. The lowest BCUT2D eigenvalue weighted by atomic mass is 10.0. The van der Waals surface area contributed by atoms with Crippen LogP contribution in [0.2, 0.25) is 0 Å². The van der Waals surface area contributed by atoms with Crippen LogP contribution in [-0.4, -0.2) is 26.5 Å². The number of rotatable bonds is 2. The van der Waals surface area contributed by atoms with Crippen molar-refractivity contribution in [3.8, 4) is 0 Å². The Morgan fingerprint density at radius 1 is 1.47 bits per heavy atom. The van der Waals surface area contributed by atoms with Gasteiger partial charge in [0, 0.05) is 16.7 Å². The fourth-order valence-electron chi connectivity index (χ4n) is 2.25. The first-order valence-electron chi connectivity index (χ1n) is 6.19. The minimum Gasteiger partial charge on any atom is -0.349 e. The molecule has 2 heterocycles. The maximum Gasteiger partial charge on any atom is 0.255 e. The van der Waals surface area contributed by atoms with Crippen molar-refractivity contribution < 1.29 is 4.79 Å². The molecule has 3 rings (SSSR count). The number of nitrogens with zero attached hydrogens (tertiary/aromatic N) is 3. The van der Waals surface area contributed by atoms with Crippen LogP contribution < -0.4 is 5.32 Å². The Labute approximate surface area is 118 Å². The van der Waals surface area contributed by atoms with Crippen molar-refractivity contribution >= 4 is 27.5 Å². The summed E-state index contributed by atoms with van der Waals surface area (Å²) >= 11 is 3.38. The van der Waals surface area contributed by atoms with E-state index in [1.54, 1.807) is 16.8 Å². The first kappa shape index (κ1) is 12.3. The van der Waals surface area contributed by atoms with Gasteiger partial charge in [-0.25, -0.2) is 9.50 Å². The molecule has 2 aromatic rings. The van der Waals surface area contributed by atoms with Crippen LogP contribution in [0.3, 0.4) is 0 Å². The number of aromatic nitrogens is 3. The summed E-state index contributed by atoms with van der Waals surface area (Å²) in [5.74, 6) is -0.0976. The second kappa shape index (κ2) is 5.13. The van der Waals surface area contributed by atoms with Gasteiger partial charge in [0.25, 0.3) is 5.91 Å². The van der Waals surface area contributed by atoms with Gasteiger partial charge in [-0.2, -0.15) is 5.10 Å². The average molecular weight is 321 g/mol. The molecule has 2 aromatic heterocycles. The molecule has 0 spiro atoms. The maximum absolute atomic E-state index is 12.3. The second-order valence-corrected chi connectivity index (χ2v) is 5.47. The summed E-state index contributed by atoms with van der Waals surface area (Å²) in [5.41, 5.74) is 1.12. The second-order valence-electron chi connectivity index (χ2n) is 4.56. The lowest BCUT2D eigenvalue weighted by Gasteiger charge is -2.19. The summed E-state index contributed by atoms with van der Waals surface area (Å²) in [6.45, 7) is 0. The molecule has 0 radical (unpaired) electrons. The molecule has 1 unspecified atom stereocenters. The van der Waals surface area contributed by atoms with E-state index in [0.717, 1.165) is 23.7 Å². The van der Waals surface area contributed by atoms with Gasteiger partial charge in [-0.05, 0) is 41.3 Å². The predicted octanol–water partition coefficient (Wildman–Crippen LogP) is 2.33. The molecule has 98 valence electrons. The molecular weight excluding hydrogens is 308 g/mol. The number of carbonyl (C=O) groups excluding carboxylic acids is 1. The van der Waals surface area contributed by atoms with E-state index in [1.807, 2.05) is 0 Å². The number of allylic oxidation sites excluding steroid dienone is 1. The topological polar surface area (TPSA) is 59.3 Å². The van der Waals surface area contributed by atoms with E-state index in [0.29, 0.717) is 11.2 Å². The molecule has 1 aliphatic carbocycles. The molecule has 19 heavy (non-hydrogen) atoms. The number of carbonyl (C=O) groups is 1. The highest BCUT2D eigenvalue weighted by atomic mass is 79.9. The highest BCUT2D eigenvalue weighted by molar-refractivity contribution is 9.10. The Morgan fingerprint density at radius 3 is 3.16 bits per heavy atom. The van der Waals surface area contributed by atoms with E-state index in [2.05, 4.69) is 43.5 Å². The Hall–Kier alpha value is -1.69. The zero-order chi connectivity index (χ0) is 13.2. The molecule has 1 atom stereocenters. The molecule has 6 heteroatoms. The van der Waals surface area contributed by atoms with Crippen LogP contribution in [0.1, 0.15) is 29.6 Å². The van der Waals surface area contributed by atoms with Gasteiger partial charge in [-0.3, -0.25) is 4.79 Å². The van der Waals surface area contributed by atoms with E-state index in [4.69, 9.17) is 0 Å². The van der Waals surface area contributed by atoms with Gasteiger partial charge in [-0.15, -0.1) is 0 Å². The van der Waals surface area contributed by atoms with Gasteiger partial charge in [0.2, 0.25) is 0 Å². The van der Waals surface area contributed by atoms with Gasteiger partial charge < -0.3 is 5.32 Å². The highest BCUT2D eigenvalue weighted by Gasteiger charge is 2.18. The summed E-state index contributed by atoms with van der Waals surface area (Å²) in [5, 5.41) is 7.11. The largest absolute Gasteiger partial charge is 0.349 e. The Morgan fingerprint density at radius 2 is 2.37 bits per heavy atom. The van der Waals surface area contributed by atoms with Crippen molar-refractivity contribution in [1.29, 1.82) is 0 Å². The van der Waals surface area contributed by atoms with Crippen LogP contribution in [0.4, 0.5) is 0 Å². The fraction of sp³-hybridized carbons (Fsp3) is 0.308. The summed E-state index contributed by atoms with van der Waals surface area (Å²) in [7, 11) is 0. The van der Waals surface area contributed by atoms with E-state index < -0.39 is 0 Å². The quantitative estimate of drug-likeness (QED) is 0.864. The Kier molecular flexibility index (Phi) is 3.33. The number of fused-ring (bicyclic) bond motifs is 1. The summed E-state index contributed by atoms with van der Waals surface area (Å²) in [6.07, 6.45) is 10.4. The summed E-state index contributed by atoms with van der Waals surface area (Å²) in [4.78, 5) is 16.5. The minimum atomic E-state index is -0.0976. The van der Waals surface area contributed by atoms with E-state index in [9.17, 15) is 4.79 Å². The molecular formula is C13H13BrN4O. The number of amides is 1. The van der Waals surface area contributed by atoms with Crippen molar-refractivity contribution in [3.63, 3.8) is 0 Å². The number of hydrogen-bond donors (Lipinski definition) is 1. The molecule has 0 aliphatic heterocycles. The van der Waals surface area contributed by atoms with Gasteiger partial charge in [0.05, 0.1) is 5.56 Å². The third kappa shape index (κ3) is 2.53. The standard InChI is InChI=1S/C13H13BrN4O/c14-9-6-11(12-15-8-16-18(12)7-9)13(19)17-10-4-2-1-3-5-10/h1-2,6-8,10H,3-5H2,(H,17,19). The molecule has 5 nitrogen and oxygen atoms in total. The van der Waals surface area contributed by atoms with Gasteiger partial charge >= 0.3 is 0 Å². The molecule has 0 fully saturated rings. The Balaban J connectivity index is 1.88. The molecule has 1 amide bonds. The first-order valence-corrected chi connectivity index (χ1v) is 6.98. The highest BCUT2D eigenvalue weighted by Crippen LogP contribution is 2.17. The number of pyridine rings is 1. The molecule has 1 N–H and O–H groups in total. The van der Waals surface area contributed by atoms with Crippen LogP contribution in [0.15, 0.2) is 35.2 Å². The van der Waals surface area contributed by atoms with Crippen LogP contribution in [0.5, 0.6) is 0 Å². The van der Waals surface area contributed by atoms with Crippen LogP contribution in [0, 0.1) is 0 Å². The van der Waals surface area contributed by atoms with Crippen LogP contribution in [0.25, 0.3) is 5.65 Å². The zero-order valence-electron chi connectivity index (χ0n) is 10.2. The monoisotopic (exact) mass is 320 g/mol. The lowest BCUT2D eigenvalue weighted by Crippen LogP contribution is -2.35. The normalized spacial score (nSPS) is 18.7. The summed E-state index contributed by atoms with van der Waals surface area (Å²) < 4.78 is 2.40. The number of halogens is 1.